The second-order valence-corrected chi connectivity index (χ2v) is 8.31. The first-order valence-corrected chi connectivity index (χ1v) is 10.9. The van der Waals surface area contributed by atoms with Crippen LogP contribution in [0, 0.1) is 6.92 Å². The molecule has 1 aliphatic heterocycles. The Labute approximate surface area is 197 Å². The molecule has 0 bridgehead atoms. The van der Waals surface area contributed by atoms with Gasteiger partial charge in [-0.15, -0.1) is 0 Å². The lowest BCUT2D eigenvalue weighted by Crippen LogP contribution is -2.07. The molecule has 0 spiro atoms. The number of hydrogen-bond donors (Lipinski definition) is 0. The molecule has 0 amide bonds. The number of methoxy groups -OCH3 is 1. The number of hydrogen-bond acceptors (Lipinski definition) is 6. The zero-order valence-electron chi connectivity index (χ0n) is 17.7. The number of fused-ring (bicyclic) bond motifs is 2. The van der Waals surface area contributed by atoms with Gasteiger partial charge in [0.1, 0.15) is 11.5 Å². The number of halogens is 1. The van der Waals surface area contributed by atoms with Crippen LogP contribution in [0.1, 0.15) is 32.0 Å². The highest BCUT2D eigenvalue weighted by atomic mass is 79.9. The van der Waals surface area contributed by atoms with Gasteiger partial charge in [0.05, 0.1) is 12.7 Å². The van der Waals surface area contributed by atoms with Gasteiger partial charge in [0.25, 0.3) is 0 Å². The molecule has 6 nitrogen and oxygen atoms in total. The van der Waals surface area contributed by atoms with E-state index >= 15 is 0 Å². The van der Waals surface area contributed by atoms with Gasteiger partial charge in [-0.2, -0.15) is 0 Å². The molecule has 0 atom stereocenters. The maximum Gasteiger partial charge on any atom is 0.379 e. The molecule has 0 aliphatic carbocycles. The Kier molecular flexibility index (Phi) is 5.26. The van der Waals surface area contributed by atoms with Crippen LogP contribution in [0.4, 0.5) is 0 Å². The third kappa shape index (κ3) is 3.81. The number of ether oxygens (including phenoxy) is 3. The standard InChI is InChI=1S/C26H17BrO6/c1-14-10-17(31-26(29)22-12-16-7-5-9-19(30-2)25(16)33-22)13-20-23(14)24(28)21(32-20)11-15-6-3-4-8-18(15)27/h3-13H,1-2H3/b21-11-. The van der Waals surface area contributed by atoms with Crippen molar-refractivity contribution in [3.8, 4) is 17.2 Å². The highest BCUT2D eigenvalue weighted by Gasteiger charge is 2.30. The Morgan fingerprint density at radius 1 is 1.06 bits per heavy atom. The Morgan fingerprint density at radius 3 is 2.67 bits per heavy atom. The number of carbonyl (C=O) groups excluding carboxylic acids is 2. The van der Waals surface area contributed by atoms with E-state index in [-0.39, 0.29) is 23.1 Å². The van der Waals surface area contributed by atoms with Crippen molar-refractivity contribution in [3.05, 3.63) is 93.3 Å². The predicted octanol–water partition coefficient (Wildman–Crippen LogP) is 6.35. The van der Waals surface area contributed by atoms with Crippen LogP contribution in [0.2, 0.25) is 0 Å². The number of rotatable bonds is 4. The average molecular weight is 505 g/mol. The van der Waals surface area contributed by atoms with Crippen LogP contribution >= 0.6 is 15.9 Å². The van der Waals surface area contributed by atoms with Crippen molar-refractivity contribution in [2.75, 3.05) is 7.11 Å². The fraction of sp³-hybridized carbons (Fsp3) is 0.0769. The molecule has 0 N–H and O–H groups in total. The smallest absolute Gasteiger partial charge is 0.379 e. The summed E-state index contributed by atoms with van der Waals surface area (Å²) < 4.78 is 23.1. The number of allylic oxidation sites excluding steroid dienone is 1. The highest BCUT2D eigenvalue weighted by molar-refractivity contribution is 9.10. The number of aryl methyl sites for hydroxylation is 1. The first kappa shape index (κ1) is 21.0. The number of para-hydroxylation sites is 1. The van der Waals surface area contributed by atoms with Crippen LogP contribution in [-0.4, -0.2) is 18.9 Å². The molecular weight excluding hydrogens is 488 g/mol. The number of esters is 1. The Balaban J connectivity index is 1.43. The number of Topliss-reactive ketones (excluding diaryl/α,β-unsaturated/α-hetero) is 1. The summed E-state index contributed by atoms with van der Waals surface area (Å²) >= 11 is 3.47. The molecule has 0 unspecified atom stereocenters. The quantitative estimate of drug-likeness (QED) is 0.183. The molecule has 0 radical (unpaired) electrons. The van der Waals surface area contributed by atoms with Crippen molar-refractivity contribution in [2.45, 2.75) is 6.92 Å². The molecule has 0 saturated carbocycles. The van der Waals surface area contributed by atoms with Gasteiger partial charge < -0.3 is 18.6 Å². The molecule has 7 heteroatoms. The minimum atomic E-state index is -0.666. The van der Waals surface area contributed by atoms with Crippen LogP contribution in [-0.2, 0) is 0 Å². The van der Waals surface area contributed by atoms with Gasteiger partial charge >= 0.3 is 5.97 Å². The summed E-state index contributed by atoms with van der Waals surface area (Å²) in [6.45, 7) is 1.77. The monoisotopic (exact) mass is 504 g/mol. The largest absolute Gasteiger partial charge is 0.493 e. The molecule has 2 heterocycles. The lowest BCUT2D eigenvalue weighted by Gasteiger charge is -2.06. The first-order chi connectivity index (χ1) is 15.9. The second-order valence-electron chi connectivity index (χ2n) is 7.45. The van der Waals surface area contributed by atoms with E-state index in [0.717, 1.165) is 15.4 Å². The molecule has 3 aromatic carbocycles. The van der Waals surface area contributed by atoms with Crippen molar-refractivity contribution in [3.63, 3.8) is 0 Å². The van der Waals surface area contributed by atoms with Gasteiger partial charge in [0.15, 0.2) is 17.1 Å². The molecule has 0 saturated heterocycles. The van der Waals surface area contributed by atoms with E-state index in [0.29, 0.717) is 28.2 Å². The summed E-state index contributed by atoms with van der Waals surface area (Å²) in [4.78, 5) is 25.6. The summed E-state index contributed by atoms with van der Waals surface area (Å²) in [5.74, 6) is 0.468. The minimum absolute atomic E-state index is 0.0409. The summed E-state index contributed by atoms with van der Waals surface area (Å²) in [5, 5.41) is 0.724. The molecule has 1 aromatic heterocycles. The summed E-state index contributed by atoms with van der Waals surface area (Å²) in [6, 6.07) is 17.6. The van der Waals surface area contributed by atoms with E-state index in [1.54, 1.807) is 31.2 Å². The third-order valence-electron chi connectivity index (χ3n) is 5.28. The molecule has 164 valence electrons. The molecule has 33 heavy (non-hydrogen) atoms. The van der Waals surface area contributed by atoms with E-state index in [1.165, 1.54) is 13.2 Å². The first-order valence-electron chi connectivity index (χ1n) is 10.1. The molecule has 4 aromatic rings. The van der Waals surface area contributed by atoms with E-state index in [1.807, 2.05) is 36.4 Å². The van der Waals surface area contributed by atoms with Gasteiger partial charge in [-0.3, -0.25) is 4.79 Å². The number of benzene rings is 3. The van der Waals surface area contributed by atoms with Crippen LogP contribution in [0.5, 0.6) is 17.2 Å². The second kappa shape index (κ2) is 8.26. The Morgan fingerprint density at radius 2 is 1.88 bits per heavy atom. The van der Waals surface area contributed by atoms with E-state index in [9.17, 15) is 9.59 Å². The third-order valence-corrected chi connectivity index (χ3v) is 6.00. The molecule has 5 rings (SSSR count). The average Bonchev–Trinajstić information content (AvgIpc) is 3.37. The van der Waals surface area contributed by atoms with Gasteiger partial charge in [0, 0.05) is 15.9 Å². The van der Waals surface area contributed by atoms with Gasteiger partial charge in [0.2, 0.25) is 11.5 Å². The van der Waals surface area contributed by atoms with E-state index in [4.69, 9.17) is 18.6 Å². The van der Waals surface area contributed by atoms with Crippen molar-refractivity contribution in [1.82, 2.24) is 0 Å². The van der Waals surface area contributed by atoms with Crippen molar-refractivity contribution < 1.29 is 28.2 Å². The Hall–Kier alpha value is -3.84. The zero-order chi connectivity index (χ0) is 23.1. The van der Waals surface area contributed by atoms with Crippen LogP contribution in [0.3, 0.4) is 0 Å². The van der Waals surface area contributed by atoms with E-state index < -0.39 is 5.97 Å². The maximum atomic E-state index is 12.9. The van der Waals surface area contributed by atoms with E-state index in [2.05, 4.69) is 15.9 Å². The normalized spacial score (nSPS) is 13.8. The number of furan rings is 1. The minimum Gasteiger partial charge on any atom is -0.493 e. The summed E-state index contributed by atoms with van der Waals surface area (Å²) in [6.07, 6.45) is 1.68. The van der Waals surface area contributed by atoms with Crippen molar-refractivity contribution in [1.29, 1.82) is 0 Å². The van der Waals surface area contributed by atoms with Crippen LogP contribution in [0.15, 0.2) is 75.3 Å². The fourth-order valence-corrected chi connectivity index (χ4v) is 4.12. The van der Waals surface area contributed by atoms with Gasteiger partial charge in [-0.1, -0.05) is 46.3 Å². The summed E-state index contributed by atoms with van der Waals surface area (Å²) in [7, 11) is 1.53. The number of ketones is 1. The lowest BCUT2D eigenvalue weighted by atomic mass is 10.0. The predicted molar refractivity (Wildman–Crippen MR) is 126 cm³/mol. The summed E-state index contributed by atoms with van der Waals surface area (Å²) in [5.41, 5.74) is 2.37. The van der Waals surface area contributed by atoms with Crippen LogP contribution < -0.4 is 14.2 Å². The maximum absolute atomic E-state index is 12.9. The van der Waals surface area contributed by atoms with Gasteiger partial charge in [-0.25, -0.2) is 4.79 Å². The van der Waals surface area contributed by atoms with Crippen molar-refractivity contribution >= 4 is 44.7 Å². The Bertz CT molecular complexity index is 1460. The van der Waals surface area contributed by atoms with Gasteiger partial charge in [-0.05, 0) is 48.4 Å². The SMILES string of the molecule is COc1cccc2cc(C(=O)Oc3cc(C)c4c(c3)O/C(=C\c3ccccc3Br)C4=O)oc12. The lowest BCUT2D eigenvalue weighted by molar-refractivity contribution is 0.0703. The van der Waals surface area contributed by atoms with Crippen LogP contribution in [0.25, 0.3) is 17.0 Å². The fourth-order valence-electron chi connectivity index (χ4n) is 3.72. The van der Waals surface area contributed by atoms with Crippen molar-refractivity contribution in [2.24, 2.45) is 0 Å². The topological polar surface area (TPSA) is 75.0 Å². The molecular formula is C26H17BrO6. The molecule has 0 fully saturated rings. The number of carbonyl (C=O) groups is 2. The zero-order valence-corrected chi connectivity index (χ0v) is 19.3. The highest BCUT2D eigenvalue weighted by Crippen LogP contribution is 2.38. The molecule has 1 aliphatic rings.